The van der Waals surface area contributed by atoms with Crippen LogP contribution in [-0.4, -0.2) is 20.5 Å². The number of anilines is 2. The number of halogens is 1. The number of aromatic nitrogens is 3. The standard InChI is InChI=1S/C22H19FN4OS/c1-22(2)11-16-19(17(28)12-22)20(24-14-9-7-13(23)8-10-14)26-27(16)21-25-15-5-3-4-6-18(15)29-21/h3-10H,11-12H2,1-2H3,(H,24,26). The largest absolute Gasteiger partial charge is 0.338 e. The average Bonchev–Trinajstić information content (AvgIpc) is 3.24. The van der Waals surface area contributed by atoms with E-state index < -0.39 is 0 Å². The topological polar surface area (TPSA) is 59.8 Å². The molecule has 1 aliphatic rings. The van der Waals surface area contributed by atoms with Crippen molar-refractivity contribution in [3.8, 4) is 5.13 Å². The van der Waals surface area contributed by atoms with E-state index in [1.54, 1.807) is 28.2 Å². The third-order valence-corrected chi connectivity index (χ3v) is 6.13. The molecule has 146 valence electrons. The number of nitrogens with one attached hydrogen (secondary N) is 1. The van der Waals surface area contributed by atoms with Crippen LogP contribution in [0.5, 0.6) is 0 Å². The van der Waals surface area contributed by atoms with Gasteiger partial charge in [-0.15, -0.1) is 5.10 Å². The van der Waals surface area contributed by atoms with Crippen molar-refractivity contribution in [2.75, 3.05) is 5.32 Å². The molecule has 0 saturated carbocycles. The molecule has 1 N–H and O–H groups in total. The highest BCUT2D eigenvalue weighted by atomic mass is 32.1. The molecule has 0 fully saturated rings. The molecule has 4 aromatic rings. The number of ketones is 1. The Bertz CT molecular complexity index is 1210. The molecule has 0 radical (unpaired) electrons. The Kier molecular flexibility index (Phi) is 4.03. The summed E-state index contributed by atoms with van der Waals surface area (Å²) in [6, 6.07) is 14.0. The molecule has 29 heavy (non-hydrogen) atoms. The van der Waals surface area contributed by atoms with Crippen LogP contribution in [0.4, 0.5) is 15.9 Å². The Morgan fingerprint density at radius 1 is 1.10 bits per heavy atom. The first-order valence-corrected chi connectivity index (χ1v) is 10.2. The lowest BCUT2D eigenvalue weighted by atomic mass is 9.76. The van der Waals surface area contributed by atoms with Crippen LogP contribution in [0, 0.1) is 11.2 Å². The average molecular weight is 406 g/mol. The van der Waals surface area contributed by atoms with Gasteiger partial charge in [0.1, 0.15) is 5.82 Å². The third-order valence-electron chi connectivity index (χ3n) is 5.12. The number of hydrogen-bond donors (Lipinski definition) is 1. The summed E-state index contributed by atoms with van der Waals surface area (Å²) in [5.41, 5.74) is 2.92. The highest BCUT2D eigenvalue weighted by molar-refractivity contribution is 7.20. The minimum Gasteiger partial charge on any atom is -0.338 e. The van der Waals surface area contributed by atoms with Gasteiger partial charge in [-0.25, -0.2) is 14.1 Å². The smallest absolute Gasteiger partial charge is 0.211 e. The monoisotopic (exact) mass is 406 g/mol. The summed E-state index contributed by atoms with van der Waals surface area (Å²) in [6.45, 7) is 4.19. The minimum absolute atomic E-state index is 0.0632. The SMILES string of the molecule is CC1(C)CC(=O)c2c(Nc3ccc(F)cc3)nn(-c3nc4ccccc4s3)c2C1. The van der Waals surface area contributed by atoms with Gasteiger partial charge in [-0.2, -0.15) is 0 Å². The van der Waals surface area contributed by atoms with Crippen molar-refractivity contribution < 1.29 is 9.18 Å². The molecular formula is C22H19FN4OS. The maximum absolute atomic E-state index is 13.3. The van der Waals surface area contributed by atoms with Gasteiger partial charge < -0.3 is 5.32 Å². The van der Waals surface area contributed by atoms with E-state index in [9.17, 15) is 9.18 Å². The van der Waals surface area contributed by atoms with E-state index in [0.29, 0.717) is 23.5 Å². The zero-order valence-electron chi connectivity index (χ0n) is 16.1. The van der Waals surface area contributed by atoms with E-state index in [1.165, 1.54) is 12.1 Å². The maximum Gasteiger partial charge on any atom is 0.211 e. The van der Waals surface area contributed by atoms with E-state index in [2.05, 4.69) is 19.2 Å². The first-order chi connectivity index (χ1) is 13.9. The van der Waals surface area contributed by atoms with E-state index in [1.807, 2.05) is 24.3 Å². The summed E-state index contributed by atoms with van der Waals surface area (Å²) >= 11 is 1.55. The molecule has 0 amide bonds. The number of Topliss-reactive ketones (excluding diaryl/α,β-unsaturated/α-hetero) is 1. The molecule has 0 spiro atoms. The molecule has 2 aromatic heterocycles. The lowest BCUT2D eigenvalue weighted by molar-refractivity contribution is 0.0912. The zero-order chi connectivity index (χ0) is 20.2. The Morgan fingerprint density at radius 3 is 2.62 bits per heavy atom. The van der Waals surface area contributed by atoms with Crippen LogP contribution in [0.3, 0.4) is 0 Å². The van der Waals surface area contributed by atoms with Gasteiger partial charge in [0.25, 0.3) is 0 Å². The molecule has 7 heteroatoms. The van der Waals surface area contributed by atoms with Crippen molar-refractivity contribution in [3.05, 3.63) is 65.6 Å². The van der Waals surface area contributed by atoms with Crippen LogP contribution in [0.1, 0.15) is 36.3 Å². The molecule has 5 rings (SSSR count). The summed E-state index contributed by atoms with van der Waals surface area (Å²) in [4.78, 5) is 17.7. The highest BCUT2D eigenvalue weighted by Gasteiger charge is 2.37. The lowest BCUT2D eigenvalue weighted by Gasteiger charge is -2.28. The van der Waals surface area contributed by atoms with E-state index in [0.717, 1.165) is 27.5 Å². The van der Waals surface area contributed by atoms with Gasteiger partial charge >= 0.3 is 0 Å². The van der Waals surface area contributed by atoms with Crippen molar-refractivity contribution in [1.82, 2.24) is 14.8 Å². The third kappa shape index (κ3) is 3.21. The fourth-order valence-corrected chi connectivity index (χ4v) is 4.76. The van der Waals surface area contributed by atoms with E-state index >= 15 is 0 Å². The van der Waals surface area contributed by atoms with Crippen molar-refractivity contribution in [2.24, 2.45) is 5.41 Å². The lowest BCUT2D eigenvalue weighted by Crippen LogP contribution is -2.28. The number of carbonyl (C=O) groups excluding carboxylic acids is 1. The Morgan fingerprint density at radius 2 is 1.86 bits per heavy atom. The fourth-order valence-electron chi connectivity index (χ4n) is 3.81. The second-order valence-corrected chi connectivity index (χ2v) is 9.13. The normalized spacial score (nSPS) is 15.5. The van der Waals surface area contributed by atoms with Crippen LogP contribution in [0.2, 0.25) is 0 Å². The maximum atomic E-state index is 13.3. The number of carbonyl (C=O) groups is 1. The van der Waals surface area contributed by atoms with Crippen LogP contribution in [0.25, 0.3) is 15.3 Å². The van der Waals surface area contributed by atoms with Crippen LogP contribution >= 0.6 is 11.3 Å². The van der Waals surface area contributed by atoms with E-state index in [4.69, 9.17) is 10.1 Å². The first kappa shape index (κ1) is 18.0. The number of thiazole rings is 1. The number of fused-ring (bicyclic) bond motifs is 2. The minimum atomic E-state index is -0.310. The van der Waals surface area contributed by atoms with Crippen LogP contribution < -0.4 is 5.32 Å². The molecule has 1 aliphatic carbocycles. The Hall–Kier alpha value is -3.06. The number of para-hydroxylation sites is 1. The predicted molar refractivity (Wildman–Crippen MR) is 113 cm³/mol. The summed E-state index contributed by atoms with van der Waals surface area (Å²) in [7, 11) is 0. The van der Waals surface area contributed by atoms with Crippen molar-refractivity contribution in [3.63, 3.8) is 0 Å². The zero-order valence-corrected chi connectivity index (χ0v) is 16.9. The van der Waals surface area contributed by atoms with E-state index in [-0.39, 0.29) is 17.0 Å². The summed E-state index contributed by atoms with van der Waals surface area (Å²) in [5.74, 6) is 0.245. The van der Waals surface area contributed by atoms with Gasteiger partial charge in [0, 0.05) is 12.1 Å². The molecule has 0 saturated heterocycles. The highest BCUT2D eigenvalue weighted by Crippen LogP contribution is 2.40. The van der Waals surface area contributed by atoms with Gasteiger partial charge in [-0.3, -0.25) is 4.79 Å². The molecule has 0 aliphatic heterocycles. The van der Waals surface area contributed by atoms with Crippen molar-refractivity contribution in [2.45, 2.75) is 26.7 Å². The molecule has 5 nitrogen and oxygen atoms in total. The molecule has 2 heterocycles. The number of hydrogen-bond acceptors (Lipinski definition) is 5. The summed E-state index contributed by atoms with van der Waals surface area (Å²) < 4.78 is 16.1. The summed E-state index contributed by atoms with van der Waals surface area (Å²) in [6.07, 6.45) is 1.19. The second-order valence-electron chi connectivity index (χ2n) is 8.12. The van der Waals surface area contributed by atoms with Crippen molar-refractivity contribution in [1.29, 1.82) is 0 Å². The first-order valence-electron chi connectivity index (χ1n) is 9.43. The fraction of sp³-hybridized carbons (Fsp3) is 0.227. The second kappa shape index (κ2) is 6.49. The number of rotatable bonds is 3. The quantitative estimate of drug-likeness (QED) is 0.487. The number of benzene rings is 2. The van der Waals surface area contributed by atoms with Gasteiger partial charge in [0.05, 0.1) is 21.5 Å². The van der Waals surface area contributed by atoms with Gasteiger partial charge in [0.2, 0.25) is 5.13 Å². The summed E-state index contributed by atoms with van der Waals surface area (Å²) in [5, 5.41) is 8.66. The van der Waals surface area contributed by atoms with Crippen LogP contribution in [-0.2, 0) is 6.42 Å². The van der Waals surface area contributed by atoms with Gasteiger partial charge in [-0.05, 0) is 48.2 Å². The Labute approximate surface area is 171 Å². The predicted octanol–water partition coefficient (Wildman–Crippen LogP) is 5.52. The Balaban J connectivity index is 1.66. The molecule has 2 aromatic carbocycles. The molecule has 0 unspecified atom stereocenters. The number of nitrogens with zero attached hydrogens (tertiary/aromatic N) is 3. The molecular weight excluding hydrogens is 387 g/mol. The van der Waals surface area contributed by atoms with Crippen LogP contribution in [0.15, 0.2) is 48.5 Å². The molecule has 0 atom stereocenters. The molecule has 0 bridgehead atoms. The van der Waals surface area contributed by atoms with Crippen molar-refractivity contribution >= 4 is 38.8 Å². The van der Waals surface area contributed by atoms with Gasteiger partial charge in [-0.1, -0.05) is 37.3 Å². The van der Waals surface area contributed by atoms with Gasteiger partial charge in [0.15, 0.2) is 11.6 Å².